The van der Waals surface area contributed by atoms with Crippen molar-refractivity contribution < 1.29 is 9.59 Å². The number of benzene rings is 2. The number of urea groups is 1. The van der Waals surface area contributed by atoms with Gasteiger partial charge in [0.1, 0.15) is 0 Å². The average Bonchev–Trinajstić information content (AvgIpc) is 2.60. The second-order valence-electron chi connectivity index (χ2n) is 7.84. The Bertz CT molecular complexity index is 958. The van der Waals surface area contributed by atoms with Crippen molar-refractivity contribution in [3.8, 4) is 11.8 Å². The van der Waals surface area contributed by atoms with Crippen molar-refractivity contribution >= 4 is 17.6 Å². The van der Waals surface area contributed by atoms with Crippen LogP contribution in [0.2, 0.25) is 0 Å². The molecule has 0 spiro atoms. The van der Waals surface area contributed by atoms with E-state index in [-0.39, 0.29) is 17.4 Å². The van der Waals surface area contributed by atoms with Crippen molar-refractivity contribution in [2.75, 3.05) is 11.4 Å². The Kier molecular flexibility index (Phi) is 5.05. The summed E-state index contributed by atoms with van der Waals surface area (Å²) >= 11 is 0. The van der Waals surface area contributed by atoms with Crippen molar-refractivity contribution in [1.29, 1.82) is 0 Å². The van der Waals surface area contributed by atoms with Gasteiger partial charge >= 0.3 is 6.03 Å². The van der Waals surface area contributed by atoms with E-state index >= 15 is 0 Å². The maximum absolute atomic E-state index is 12.3. The molecule has 0 aromatic heterocycles. The lowest BCUT2D eigenvalue weighted by Crippen LogP contribution is -2.49. The maximum Gasteiger partial charge on any atom is 0.328 e. The largest absolute Gasteiger partial charge is 0.328 e. The number of amides is 3. The summed E-state index contributed by atoms with van der Waals surface area (Å²) in [6.45, 7) is 8.80. The molecule has 1 saturated heterocycles. The average molecular weight is 360 g/mol. The minimum atomic E-state index is -0.380. The summed E-state index contributed by atoms with van der Waals surface area (Å²) < 4.78 is 0. The molecule has 1 aliphatic heterocycles. The van der Waals surface area contributed by atoms with Crippen molar-refractivity contribution in [1.82, 2.24) is 5.32 Å². The van der Waals surface area contributed by atoms with Crippen LogP contribution in [0.5, 0.6) is 0 Å². The molecule has 0 saturated carbocycles. The van der Waals surface area contributed by atoms with Crippen LogP contribution in [0.4, 0.5) is 10.5 Å². The zero-order chi connectivity index (χ0) is 19.6. The minimum Gasteiger partial charge on any atom is -0.294 e. The van der Waals surface area contributed by atoms with Gasteiger partial charge in [-0.1, -0.05) is 50.8 Å². The molecule has 138 valence electrons. The third kappa shape index (κ3) is 4.38. The first kappa shape index (κ1) is 18.7. The van der Waals surface area contributed by atoms with E-state index in [0.717, 1.165) is 27.9 Å². The van der Waals surface area contributed by atoms with Gasteiger partial charge < -0.3 is 0 Å². The highest BCUT2D eigenvalue weighted by atomic mass is 16.2. The predicted octanol–water partition coefficient (Wildman–Crippen LogP) is 4.14. The van der Waals surface area contributed by atoms with Gasteiger partial charge in [0.2, 0.25) is 5.91 Å². The molecular weight excluding hydrogens is 336 g/mol. The highest BCUT2D eigenvalue weighted by Gasteiger charge is 2.25. The molecule has 2 aromatic carbocycles. The molecule has 0 atom stereocenters. The molecule has 1 fully saturated rings. The fraction of sp³-hybridized carbons (Fsp3) is 0.304. The van der Waals surface area contributed by atoms with Crippen molar-refractivity contribution in [2.45, 2.75) is 39.5 Å². The van der Waals surface area contributed by atoms with E-state index in [1.807, 2.05) is 43.3 Å². The van der Waals surface area contributed by atoms with Crippen molar-refractivity contribution in [3.05, 3.63) is 64.7 Å². The first-order valence-corrected chi connectivity index (χ1v) is 9.08. The summed E-state index contributed by atoms with van der Waals surface area (Å²) in [7, 11) is 0. The smallest absolute Gasteiger partial charge is 0.294 e. The van der Waals surface area contributed by atoms with E-state index in [1.165, 1.54) is 0 Å². The van der Waals surface area contributed by atoms with Crippen LogP contribution in [0.3, 0.4) is 0 Å². The molecule has 0 unspecified atom stereocenters. The van der Waals surface area contributed by atoms with Gasteiger partial charge in [-0.2, -0.15) is 0 Å². The molecule has 1 aliphatic rings. The van der Waals surface area contributed by atoms with Crippen LogP contribution in [0.25, 0.3) is 0 Å². The molecule has 27 heavy (non-hydrogen) atoms. The number of aryl methyl sites for hydroxylation is 1. The number of rotatable bonds is 1. The standard InChI is InChI=1S/C23H24N2O2/c1-16-7-5-6-8-18(16)10-9-17-13-19(23(2,3)4)15-20(14-17)25-12-11-21(26)24-22(25)27/h5-8,13-15H,11-12H2,1-4H3,(H,24,26,27). The summed E-state index contributed by atoms with van der Waals surface area (Å²) in [5, 5.41) is 2.38. The quantitative estimate of drug-likeness (QED) is 0.777. The van der Waals surface area contributed by atoms with Crippen LogP contribution in [0, 0.1) is 18.8 Å². The molecule has 0 radical (unpaired) electrons. The second kappa shape index (κ2) is 7.28. The molecular formula is C23H24N2O2. The topological polar surface area (TPSA) is 49.4 Å². The fourth-order valence-electron chi connectivity index (χ4n) is 2.94. The lowest BCUT2D eigenvalue weighted by Gasteiger charge is -2.29. The van der Waals surface area contributed by atoms with Gasteiger partial charge in [0.05, 0.1) is 0 Å². The van der Waals surface area contributed by atoms with E-state index in [2.05, 4.69) is 44.0 Å². The number of anilines is 1. The Hall–Kier alpha value is -3.06. The molecule has 4 nitrogen and oxygen atoms in total. The first-order chi connectivity index (χ1) is 12.7. The predicted molar refractivity (Wildman–Crippen MR) is 108 cm³/mol. The minimum absolute atomic E-state index is 0.0861. The first-order valence-electron chi connectivity index (χ1n) is 9.08. The van der Waals surface area contributed by atoms with Gasteiger partial charge in [0, 0.05) is 29.8 Å². The van der Waals surface area contributed by atoms with Crippen LogP contribution in [-0.2, 0) is 10.2 Å². The molecule has 3 rings (SSSR count). The number of nitrogens with zero attached hydrogens (tertiary/aromatic N) is 1. The van der Waals surface area contributed by atoms with Gasteiger partial charge in [-0.05, 0) is 47.7 Å². The highest BCUT2D eigenvalue weighted by molar-refractivity contribution is 6.05. The number of nitrogens with one attached hydrogen (secondary N) is 1. The van der Waals surface area contributed by atoms with Crippen molar-refractivity contribution in [2.24, 2.45) is 0 Å². The van der Waals surface area contributed by atoms with E-state index < -0.39 is 0 Å². The maximum atomic E-state index is 12.3. The second-order valence-corrected chi connectivity index (χ2v) is 7.84. The van der Waals surface area contributed by atoms with Crippen LogP contribution < -0.4 is 10.2 Å². The van der Waals surface area contributed by atoms with E-state index in [4.69, 9.17) is 0 Å². The fourth-order valence-corrected chi connectivity index (χ4v) is 2.94. The molecule has 1 N–H and O–H groups in total. The summed E-state index contributed by atoms with van der Waals surface area (Å²) in [6, 6.07) is 13.6. The molecule has 3 amide bonds. The number of hydrogen-bond acceptors (Lipinski definition) is 2. The lowest BCUT2D eigenvalue weighted by molar-refractivity contribution is -0.120. The highest BCUT2D eigenvalue weighted by Crippen LogP contribution is 2.29. The van der Waals surface area contributed by atoms with Gasteiger partial charge in [-0.15, -0.1) is 0 Å². The third-order valence-electron chi connectivity index (χ3n) is 4.64. The number of hydrogen-bond donors (Lipinski definition) is 1. The number of carbonyl (C=O) groups excluding carboxylic acids is 2. The van der Waals surface area contributed by atoms with E-state index in [1.54, 1.807) is 4.90 Å². The SMILES string of the molecule is Cc1ccccc1C#Cc1cc(N2CCC(=O)NC2=O)cc(C(C)(C)C)c1. The molecule has 0 aliphatic carbocycles. The summed E-state index contributed by atoms with van der Waals surface area (Å²) in [5.41, 5.74) is 4.75. The molecule has 0 bridgehead atoms. The van der Waals surface area contributed by atoms with Crippen molar-refractivity contribution in [3.63, 3.8) is 0 Å². The van der Waals surface area contributed by atoms with E-state index in [9.17, 15) is 9.59 Å². The summed E-state index contributed by atoms with van der Waals surface area (Å²) in [6.07, 6.45) is 0.301. The zero-order valence-electron chi connectivity index (χ0n) is 16.2. The molecule has 4 heteroatoms. The summed E-state index contributed by atoms with van der Waals surface area (Å²) in [4.78, 5) is 25.3. The Labute approximate surface area is 160 Å². The Morgan fingerprint density at radius 1 is 1.04 bits per heavy atom. The van der Waals surface area contributed by atoms with Gasteiger partial charge in [0.15, 0.2) is 0 Å². The van der Waals surface area contributed by atoms with Gasteiger partial charge in [-0.3, -0.25) is 15.0 Å². The van der Waals surface area contributed by atoms with Crippen LogP contribution in [0.15, 0.2) is 42.5 Å². The van der Waals surface area contributed by atoms with E-state index in [0.29, 0.717) is 13.0 Å². The van der Waals surface area contributed by atoms with Crippen LogP contribution in [0.1, 0.15) is 49.4 Å². The van der Waals surface area contributed by atoms with Crippen LogP contribution in [-0.4, -0.2) is 18.5 Å². The number of imide groups is 1. The Balaban J connectivity index is 2.03. The summed E-state index contributed by atoms with van der Waals surface area (Å²) in [5.74, 6) is 6.24. The lowest BCUT2D eigenvalue weighted by atomic mass is 9.85. The Morgan fingerprint density at radius 3 is 2.44 bits per heavy atom. The normalized spacial score (nSPS) is 14.4. The van der Waals surface area contributed by atoms with Gasteiger partial charge in [0.25, 0.3) is 0 Å². The molecule has 2 aromatic rings. The Morgan fingerprint density at radius 2 is 1.78 bits per heavy atom. The number of carbonyl (C=O) groups is 2. The monoisotopic (exact) mass is 360 g/mol. The zero-order valence-corrected chi connectivity index (χ0v) is 16.2. The van der Waals surface area contributed by atoms with Crippen LogP contribution >= 0.6 is 0 Å². The third-order valence-corrected chi connectivity index (χ3v) is 4.64. The molecule has 1 heterocycles. The van der Waals surface area contributed by atoms with Gasteiger partial charge in [-0.25, -0.2) is 4.79 Å².